The summed E-state index contributed by atoms with van der Waals surface area (Å²) in [5.41, 5.74) is 2.26. The van der Waals surface area contributed by atoms with Crippen molar-refractivity contribution in [1.29, 1.82) is 0 Å². The highest BCUT2D eigenvalue weighted by molar-refractivity contribution is 6.07. The molecule has 26 heavy (non-hydrogen) atoms. The number of fused-ring (bicyclic) bond motifs is 2. The number of pyridine rings is 2. The molecule has 0 unspecified atom stereocenters. The van der Waals surface area contributed by atoms with Crippen LogP contribution in [-0.2, 0) is 0 Å². The van der Waals surface area contributed by atoms with Crippen LogP contribution in [0.25, 0.3) is 21.9 Å². The number of hydrogen-bond acceptors (Lipinski definition) is 6. The maximum absolute atomic E-state index is 12.4. The zero-order valence-corrected chi connectivity index (χ0v) is 14.0. The molecule has 0 fully saturated rings. The summed E-state index contributed by atoms with van der Waals surface area (Å²) in [6.07, 6.45) is 4.81. The summed E-state index contributed by atoms with van der Waals surface area (Å²) < 4.78 is 5.69. The van der Waals surface area contributed by atoms with Gasteiger partial charge in [0.05, 0.1) is 23.8 Å². The molecule has 0 aliphatic carbocycles. The van der Waals surface area contributed by atoms with Gasteiger partial charge in [0, 0.05) is 23.5 Å². The molecule has 0 aliphatic rings. The number of anilines is 2. The molecule has 1 aromatic carbocycles. The third-order valence-corrected chi connectivity index (χ3v) is 4.00. The largest absolute Gasteiger partial charge is 0.506 e. The zero-order valence-electron chi connectivity index (χ0n) is 14.0. The normalized spacial score (nSPS) is 11.0. The highest BCUT2D eigenvalue weighted by Crippen LogP contribution is 2.33. The number of nitrogens with one attached hydrogen (secondary N) is 2. The highest BCUT2D eigenvalue weighted by atomic mass is 16.3. The smallest absolute Gasteiger partial charge is 0.289 e. The summed E-state index contributed by atoms with van der Waals surface area (Å²) in [6, 6.07) is 8.83. The minimum Gasteiger partial charge on any atom is -0.506 e. The van der Waals surface area contributed by atoms with E-state index in [1.165, 1.54) is 0 Å². The Hall–Kier alpha value is -3.61. The Bertz CT molecular complexity index is 1120. The molecule has 0 aliphatic heterocycles. The number of hydrogen-bond donors (Lipinski definition) is 3. The first-order chi connectivity index (χ1) is 12.7. The van der Waals surface area contributed by atoms with Gasteiger partial charge in [-0.05, 0) is 25.1 Å². The first-order valence-corrected chi connectivity index (χ1v) is 8.17. The van der Waals surface area contributed by atoms with Crippen molar-refractivity contribution < 1.29 is 14.3 Å². The van der Waals surface area contributed by atoms with Crippen molar-refractivity contribution in [2.45, 2.75) is 6.92 Å². The molecule has 3 N–H and O–H groups in total. The average molecular weight is 348 g/mol. The Kier molecular flexibility index (Phi) is 3.89. The fraction of sp³-hybridized carbons (Fsp3) is 0.105. The molecule has 130 valence electrons. The second-order valence-corrected chi connectivity index (χ2v) is 5.74. The number of rotatable bonds is 4. The van der Waals surface area contributed by atoms with Crippen LogP contribution in [0, 0.1) is 0 Å². The lowest BCUT2D eigenvalue weighted by Crippen LogP contribution is -2.22. The number of benzene rings is 1. The number of furan rings is 1. The van der Waals surface area contributed by atoms with Gasteiger partial charge in [0.2, 0.25) is 5.76 Å². The van der Waals surface area contributed by atoms with Crippen LogP contribution in [0.3, 0.4) is 0 Å². The Balaban J connectivity index is 1.81. The van der Waals surface area contributed by atoms with Gasteiger partial charge in [-0.25, -0.2) is 0 Å². The number of phenolic OH excluding ortho intramolecular Hbond substituents is 1. The Labute approximate surface area is 148 Å². The van der Waals surface area contributed by atoms with Crippen LogP contribution in [0.15, 0.2) is 53.3 Å². The van der Waals surface area contributed by atoms with Crippen molar-refractivity contribution in [3.63, 3.8) is 0 Å². The van der Waals surface area contributed by atoms with Crippen LogP contribution < -0.4 is 10.6 Å². The molecular formula is C19H16N4O3. The van der Waals surface area contributed by atoms with Crippen LogP contribution in [0.4, 0.5) is 11.4 Å². The van der Waals surface area contributed by atoms with E-state index in [0.29, 0.717) is 29.0 Å². The van der Waals surface area contributed by atoms with Gasteiger partial charge in [0.15, 0.2) is 5.58 Å². The summed E-state index contributed by atoms with van der Waals surface area (Å²) in [4.78, 5) is 20.7. The van der Waals surface area contributed by atoms with Crippen LogP contribution >= 0.6 is 0 Å². The quantitative estimate of drug-likeness (QED) is 0.521. The van der Waals surface area contributed by atoms with Gasteiger partial charge in [0.1, 0.15) is 11.3 Å². The van der Waals surface area contributed by atoms with Crippen molar-refractivity contribution in [2.75, 3.05) is 11.9 Å². The molecule has 7 heteroatoms. The molecule has 1 amide bonds. The molecule has 0 radical (unpaired) electrons. The lowest BCUT2D eigenvalue weighted by Gasteiger charge is -2.08. The van der Waals surface area contributed by atoms with Crippen molar-refractivity contribution in [3.8, 4) is 5.75 Å². The number of phenols is 1. The molecule has 3 aromatic heterocycles. The molecular weight excluding hydrogens is 332 g/mol. The van der Waals surface area contributed by atoms with E-state index in [9.17, 15) is 9.90 Å². The number of aromatic hydroxyl groups is 1. The second-order valence-electron chi connectivity index (χ2n) is 5.74. The van der Waals surface area contributed by atoms with Gasteiger partial charge in [-0.15, -0.1) is 0 Å². The molecule has 0 saturated carbocycles. The van der Waals surface area contributed by atoms with Gasteiger partial charge in [-0.3, -0.25) is 14.8 Å². The second kappa shape index (κ2) is 6.36. The fourth-order valence-electron chi connectivity index (χ4n) is 2.83. The molecule has 0 saturated heterocycles. The lowest BCUT2D eigenvalue weighted by atomic mass is 10.2. The lowest BCUT2D eigenvalue weighted by molar-refractivity contribution is 0.0931. The Morgan fingerprint density at radius 3 is 3.00 bits per heavy atom. The molecule has 7 nitrogen and oxygen atoms in total. The van der Waals surface area contributed by atoms with E-state index in [4.69, 9.17) is 4.42 Å². The third kappa shape index (κ3) is 2.69. The van der Waals surface area contributed by atoms with Gasteiger partial charge in [0.25, 0.3) is 5.91 Å². The summed E-state index contributed by atoms with van der Waals surface area (Å²) >= 11 is 0. The first kappa shape index (κ1) is 15.9. The number of carbonyl (C=O) groups is 1. The Morgan fingerprint density at radius 1 is 1.27 bits per heavy atom. The summed E-state index contributed by atoms with van der Waals surface area (Å²) in [7, 11) is 0. The first-order valence-electron chi connectivity index (χ1n) is 8.17. The van der Waals surface area contributed by atoms with Gasteiger partial charge < -0.3 is 20.2 Å². The minimum absolute atomic E-state index is 0.122. The van der Waals surface area contributed by atoms with Gasteiger partial charge in [-0.1, -0.05) is 12.1 Å². The third-order valence-electron chi connectivity index (χ3n) is 4.00. The number of para-hydroxylation sites is 1. The predicted molar refractivity (Wildman–Crippen MR) is 98.7 cm³/mol. The van der Waals surface area contributed by atoms with Crippen molar-refractivity contribution in [2.24, 2.45) is 0 Å². The highest BCUT2D eigenvalue weighted by Gasteiger charge is 2.20. The zero-order chi connectivity index (χ0) is 18.1. The summed E-state index contributed by atoms with van der Waals surface area (Å²) in [5.74, 6) is 0.000321. The van der Waals surface area contributed by atoms with E-state index >= 15 is 0 Å². The van der Waals surface area contributed by atoms with E-state index in [0.717, 1.165) is 10.8 Å². The molecule has 0 spiro atoms. The van der Waals surface area contributed by atoms with Crippen molar-refractivity contribution in [1.82, 2.24) is 15.3 Å². The number of amides is 1. The summed E-state index contributed by atoms with van der Waals surface area (Å²) in [5, 5.41) is 17.4. The van der Waals surface area contributed by atoms with E-state index in [2.05, 4.69) is 20.6 Å². The molecule has 4 aromatic rings. The van der Waals surface area contributed by atoms with Gasteiger partial charge in [-0.2, -0.15) is 0 Å². The molecule has 3 heterocycles. The van der Waals surface area contributed by atoms with Gasteiger partial charge >= 0.3 is 0 Å². The van der Waals surface area contributed by atoms with Crippen molar-refractivity contribution >= 4 is 39.2 Å². The summed E-state index contributed by atoms with van der Waals surface area (Å²) in [6.45, 7) is 2.33. The maximum Gasteiger partial charge on any atom is 0.289 e. The molecule has 0 bridgehead atoms. The standard InChI is InChI=1S/C19H16N4O3/c1-2-21-19(25)18-17(13-6-7-20-10-15(13)26-18)23-12-8-11-4-3-5-14(24)16(11)22-9-12/h3-10,23-24H,2H2,1H3,(H,21,25). The number of nitrogens with zero attached hydrogens (tertiary/aromatic N) is 2. The molecule has 0 atom stereocenters. The topological polar surface area (TPSA) is 100 Å². The fourth-order valence-corrected chi connectivity index (χ4v) is 2.83. The number of aromatic nitrogens is 2. The SMILES string of the molecule is CCNC(=O)c1oc2cnccc2c1Nc1cnc2c(O)cccc2c1. The number of carbonyl (C=O) groups excluding carboxylic acids is 1. The van der Waals surface area contributed by atoms with Crippen LogP contribution in [0.2, 0.25) is 0 Å². The predicted octanol–water partition coefficient (Wildman–Crippen LogP) is 3.57. The van der Waals surface area contributed by atoms with Crippen LogP contribution in [0.1, 0.15) is 17.5 Å². The van der Waals surface area contributed by atoms with E-state index < -0.39 is 0 Å². The van der Waals surface area contributed by atoms with Crippen LogP contribution in [-0.4, -0.2) is 27.5 Å². The van der Waals surface area contributed by atoms with E-state index in [1.54, 1.807) is 36.8 Å². The molecule has 4 rings (SSSR count). The van der Waals surface area contributed by atoms with E-state index in [1.807, 2.05) is 19.1 Å². The van der Waals surface area contributed by atoms with E-state index in [-0.39, 0.29) is 17.4 Å². The van der Waals surface area contributed by atoms with Crippen LogP contribution in [0.5, 0.6) is 5.75 Å². The minimum atomic E-state index is -0.308. The maximum atomic E-state index is 12.4. The Morgan fingerprint density at radius 2 is 2.15 bits per heavy atom. The average Bonchev–Trinajstić information content (AvgIpc) is 3.01. The van der Waals surface area contributed by atoms with Crippen molar-refractivity contribution in [3.05, 3.63) is 54.7 Å². The monoisotopic (exact) mass is 348 g/mol.